The third kappa shape index (κ3) is 3.16. The Bertz CT molecular complexity index is 691. The molecule has 1 aliphatic carbocycles. The van der Waals surface area contributed by atoms with Crippen LogP contribution >= 0.6 is 0 Å². The van der Waals surface area contributed by atoms with Gasteiger partial charge < -0.3 is 14.8 Å². The number of anilines is 1. The van der Waals surface area contributed by atoms with Gasteiger partial charge >= 0.3 is 0 Å². The number of hydrogen-bond acceptors (Lipinski definition) is 6. The Balaban J connectivity index is 1.40. The van der Waals surface area contributed by atoms with Crippen molar-refractivity contribution in [1.82, 2.24) is 19.8 Å². The first-order valence-corrected chi connectivity index (χ1v) is 8.37. The third-order valence-corrected chi connectivity index (χ3v) is 4.48. The minimum atomic E-state index is -0.439. The SMILES string of the molecule is CC(CNc1ccc2nnc(C3CC3)n2n1)CC1(C)OCCO1. The molecular formula is C16H23N5O2. The van der Waals surface area contributed by atoms with Crippen molar-refractivity contribution in [2.45, 2.75) is 44.8 Å². The molecule has 124 valence electrons. The van der Waals surface area contributed by atoms with E-state index in [9.17, 15) is 0 Å². The molecule has 2 aliphatic rings. The highest BCUT2D eigenvalue weighted by Crippen LogP contribution is 2.38. The molecule has 4 rings (SSSR count). The molecule has 1 saturated heterocycles. The summed E-state index contributed by atoms with van der Waals surface area (Å²) in [6.45, 7) is 6.40. The van der Waals surface area contributed by atoms with Gasteiger partial charge in [0.25, 0.3) is 0 Å². The number of ether oxygens (including phenoxy) is 2. The molecule has 0 spiro atoms. The topological polar surface area (TPSA) is 73.6 Å². The second-order valence-corrected chi connectivity index (χ2v) is 6.84. The highest BCUT2D eigenvalue weighted by atomic mass is 16.7. The Morgan fingerprint density at radius 1 is 1.30 bits per heavy atom. The Morgan fingerprint density at radius 2 is 2.09 bits per heavy atom. The molecule has 2 fully saturated rings. The van der Waals surface area contributed by atoms with Crippen molar-refractivity contribution in [2.75, 3.05) is 25.1 Å². The van der Waals surface area contributed by atoms with E-state index in [-0.39, 0.29) is 0 Å². The summed E-state index contributed by atoms with van der Waals surface area (Å²) >= 11 is 0. The molecule has 2 aromatic rings. The first-order chi connectivity index (χ1) is 11.1. The fourth-order valence-electron chi connectivity index (χ4n) is 3.15. The average Bonchev–Trinajstić information content (AvgIpc) is 3.15. The van der Waals surface area contributed by atoms with E-state index in [0.717, 1.165) is 30.3 Å². The van der Waals surface area contributed by atoms with Crippen molar-refractivity contribution in [2.24, 2.45) is 5.92 Å². The number of nitrogens with zero attached hydrogens (tertiary/aromatic N) is 4. The quantitative estimate of drug-likeness (QED) is 0.880. The minimum absolute atomic E-state index is 0.416. The fraction of sp³-hybridized carbons (Fsp3) is 0.688. The molecule has 0 radical (unpaired) electrons. The molecule has 1 saturated carbocycles. The van der Waals surface area contributed by atoms with Crippen LogP contribution in [0.3, 0.4) is 0 Å². The van der Waals surface area contributed by atoms with E-state index in [1.54, 1.807) is 0 Å². The molecule has 2 aromatic heterocycles. The van der Waals surface area contributed by atoms with Gasteiger partial charge in [-0.2, -0.15) is 4.52 Å². The predicted molar refractivity (Wildman–Crippen MR) is 85.3 cm³/mol. The number of rotatable bonds is 6. The second-order valence-electron chi connectivity index (χ2n) is 6.84. The van der Waals surface area contributed by atoms with Crippen molar-refractivity contribution < 1.29 is 9.47 Å². The lowest BCUT2D eigenvalue weighted by Crippen LogP contribution is -2.30. The van der Waals surface area contributed by atoms with Gasteiger partial charge in [0.05, 0.1) is 13.2 Å². The molecule has 1 aliphatic heterocycles. The van der Waals surface area contributed by atoms with Gasteiger partial charge in [0.1, 0.15) is 5.82 Å². The van der Waals surface area contributed by atoms with Crippen LogP contribution in [0.15, 0.2) is 12.1 Å². The van der Waals surface area contributed by atoms with Crippen LogP contribution in [0.5, 0.6) is 0 Å². The third-order valence-electron chi connectivity index (χ3n) is 4.48. The Hall–Kier alpha value is -1.73. The molecule has 7 heteroatoms. The lowest BCUT2D eigenvalue weighted by molar-refractivity contribution is -0.153. The predicted octanol–water partition coefficient (Wildman–Crippen LogP) is 2.20. The van der Waals surface area contributed by atoms with E-state index < -0.39 is 5.79 Å². The van der Waals surface area contributed by atoms with Gasteiger partial charge in [-0.1, -0.05) is 6.92 Å². The zero-order chi connectivity index (χ0) is 15.9. The number of nitrogens with one attached hydrogen (secondary N) is 1. The lowest BCUT2D eigenvalue weighted by atomic mass is 10.0. The smallest absolute Gasteiger partial charge is 0.178 e. The molecule has 0 amide bonds. The standard InChI is InChI=1S/C16H23N5O2/c1-11(9-16(2)22-7-8-23-16)10-17-13-5-6-14-18-19-15(12-3-4-12)21(14)20-13/h5-6,11-12H,3-4,7-10H2,1-2H3,(H,17,20). The maximum atomic E-state index is 5.67. The molecule has 23 heavy (non-hydrogen) atoms. The monoisotopic (exact) mass is 317 g/mol. The van der Waals surface area contributed by atoms with Crippen LogP contribution in [0.2, 0.25) is 0 Å². The maximum Gasteiger partial charge on any atom is 0.178 e. The first-order valence-electron chi connectivity index (χ1n) is 8.37. The van der Waals surface area contributed by atoms with Gasteiger partial charge in [0, 0.05) is 18.9 Å². The molecule has 1 N–H and O–H groups in total. The summed E-state index contributed by atoms with van der Waals surface area (Å²) in [5.41, 5.74) is 0.811. The van der Waals surface area contributed by atoms with Crippen molar-refractivity contribution >= 4 is 11.5 Å². The highest BCUT2D eigenvalue weighted by Gasteiger charge is 2.32. The van der Waals surface area contributed by atoms with Crippen LogP contribution < -0.4 is 5.32 Å². The molecule has 1 atom stereocenters. The number of hydrogen-bond donors (Lipinski definition) is 1. The Morgan fingerprint density at radius 3 is 2.83 bits per heavy atom. The summed E-state index contributed by atoms with van der Waals surface area (Å²) in [6.07, 6.45) is 3.24. The molecule has 0 aromatic carbocycles. The van der Waals surface area contributed by atoms with Crippen LogP contribution in [0.4, 0.5) is 5.82 Å². The van der Waals surface area contributed by atoms with Gasteiger partial charge in [-0.05, 0) is 37.8 Å². The molecule has 7 nitrogen and oxygen atoms in total. The normalized spacial score (nSPS) is 21.7. The maximum absolute atomic E-state index is 5.67. The number of aromatic nitrogens is 4. The largest absolute Gasteiger partial charge is 0.368 e. The van der Waals surface area contributed by atoms with Gasteiger partial charge in [0.15, 0.2) is 17.3 Å². The number of fused-ring (bicyclic) bond motifs is 1. The van der Waals surface area contributed by atoms with E-state index >= 15 is 0 Å². The first kappa shape index (κ1) is 14.8. The Labute approximate surface area is 135 Å². The summed E-state index contributed by atoms with van der Waals surface area (Å²) in [5, 5.41) is 16.5. The van der Waals surface area contributed by atoms with Crippen molar-refractivity contribution in [1.29, 1.82) is 0 Å². The minimum Gasteiger partial charge on any atom is -0.368 e. The molecule has 3 heterocycles. The lowest BCUT2D eigenvalue weighted by Gasteiger charge is -2.26. The van der Waals surface area contributed by atoms with Crippen molar-refractivity contribution in [3.63, 3.8) is 0 Å². The summed E-state index contributed by atoms with van der Waals surface area (Å²) < 4.78 is 13.2. The molecular weight excluding hydrogens is 294 g/mol. The van der Waals surface area contributed by atoms with E-state index in [1.807, 2.05) is 23.6 Å². The van der Waals surface area contributed by atoms with Gasteiger partial charge in [0.2, 0.25) is 0 Å². The fourth-order valence-corrected chi connectivity index (χ4v) is 3.15. The van der Waals surface area contributed by atoms with Gasteiger partial charge in [-0.25, -0.2) is 0 Å². The zero-order valence-electron chi connectivity index (χ0n) is 13.7. The van der Waals surface area contributed by atoms with Crippen molar-refractivity contribution in [3.05, 3.63) is 18.0 Å². The van der Waals surface area contributed by atoms with E-state index in [0.29, 0.717) is 25.0 Å². The van der Waals surface area contributed by atoms with E-state index in [1.165, 1.54) is 12.8 Å². The molecule has 1 unspecified atom stereocenters. The summed E-state index contributed by atoms with van der Waals surface area (Å²) in [6, 6.07) is 3.92. The van der Waals surface area contributed by atoms with Crippen LogP contribution in [0, 0.1) is 5.92 Å². The summed E-state index contributed by atoms with van der Waals surface area (Å²) in [4.78, 5) is 0. The van der Waals surface area contributed by atoms with Crippen molar-refractivity contribution in [3.8, 4) is 0 Å². The van der Waals surface area contributed by atoms with Gasteiger partial charge in [-0.3, -0.25) is 0 Å². The van der Waals surface area contributed by atoms with Crippen LogP contribution in [0.25, 0.3) is 5.65 Å². The van der Waals surface area contributed by atoms with Gasteiger partial charge in [-0.15, -0.1) is 15.3 Å². The molecule has 0 bridgehead atoms. The van der Waals surface area contributed by atoms with Crippen LogP contribution in [0.1, 0.15) is 44.9 Å². The van der Waals surface area contributed by atoms with E-state index in [2.05, 4.69) is 27.5 Å². The zero-order valence-corrected chi connectivity index (χ0v) is 13.7. The Kier molecular flexibility index (Phi) is 3.69. The average molecular weight is 317 g/mol. The van der Waals surface area contributed by atoms with Crippen LogP contribution in [-0.4, -0.2) is 45.4 Å². The second kappa shape index (κ2) is 5.72. The highest BCUT2D eigenvalue weighted by molar-refractivity contribution is 5.44. The van der Waals surface area contributed by atoms with E-state index in [4.69, 9.17) is 9.47 Å². The summed E-state index contributed by atoms with van der Waals surface area (Å²) in [7, 11) is 0. The van der Waals surface area contributed by atoms with Crippen LogP contribution in [-0.2, 0) is 9.47 Å². The summed E-state index contributed by atoms with van der Waals surface area (Å²) in [5.74, 6) is 2.34.